The Bertz CT molecular complexity index is 311. The van der Waals surface area contributed by atoms with Crippen LogP contribution in [0.4, 0.5) is 0 Å². The third kappa shape index (κ3) is 1.59. The molecular formula is C11H16ClN. The molecule has 0 radical (unpaired) electrons. The second-order valence-corrected chi connectivity index (χ2v) is 4.04. The highest BCUT2D eigenvalue weighted by Gasteiger charge is 2.49. The number of benzene rings is 1. The van der Waals surface area contributed by atoms with E-state index in [1.807, 2.05) is 0 Å². The summed E-state index contributed by atoms with van der Waals surface area (Å²) in [6.07, 6.45) is 1.14. The van der Waals surface area contributed by atoms with Gasteiger partial charge in [-0.3, -0.25) is 0 Å². The van der Waals surface area contributed by atoms with E-state index >= 15 is 0 Å². The summed E-state index contributed by atoms with van der Waals surface area (Å²) >= 11 is 0. The summed E-state index contributed by atoms with van der Waals surface area (Å²) in [5, 5.41) is 0. The van der Waals surface area contributed by atoms with Crippen molar-refractivity contribution in [3.63, 3.8) is 0 Å². The summed E-state index contributed by atoms with van der Waals surface area (Å²) < 4.78 is 0. The van der Waals surface area contributed by atoms with Gasteiger partial charge in [0.1, 0.15) is 0 Å². The van der Waals surface area contributed by atoms with Gasteiger partial charge in [-0.25, -0.2) is 0 Å². The highest BCUT2D eigenvalue weighted by molar-refractivity contribution is 5.85. The highest BCUT2D eigenvalue weighted by Crippen LogP contribution is 2.47. The minimum absolute atomic E-state index is 0. The lowest BCUT2D eigenvalue weighted by Gasteiger charge is -2.12. The van der Waals surface area contributed by atoms with Crippen molar-refractivity contribution in [2.75, 3.05) is 0 Å². The van der Waals surface area contributed by atoms with Gasteiger partial charge in [0.2, 0.25) is 0 Å². The zero-order valence-electron chi connectivity index (χ0n) is 8.08. The fourth-order valence-electron chi connectivity index (χ4n) is 1.92. The molecule has 2 atom stereocenters. The quantitative estimate of drug-likeness (QED) is 0.735. The zero-order chi connectivity index (χ0) is 8.77. The Morgan fingerprint density at radius 3 is 2.38 bits per heavy atom. The van der Waals surface area contributed by atoms with Crippen LogP contribution in [-0.2, 0) is 5.41 Å². The largest absolute Gasteiger partial charge is 0.327 e. The first-order valence-electron chi connectivity index (χ1n) is 4.46. The number of hydrogen-bond donors (Lipinski definition) is 1. The van der Waals surface area contributed by atoms with Crippen molar-refractivity contribution in [3.8, 4) is 0 Å². The summed E-state index contributed by atoms with van der Waals surface area (Å²) in [5.74, 6) is 0. The first-order valence-corrected chi connectivity index (χ1v) is 4.46. The molecule has 1 fully saturated rings. The number of nitrogens with two attached hydrogens (primary N) is 1. The van der Waals surface area contributed by atoms with Gasteiger partial charge in [-0.2, -0.15) is 0 Å². The van der Waals surface area contributed by atoms with E-state index in [0.717, 1.165) is 6.42 Å². The van der Waals surface area contributed by atoms with Gasteiger partial charge in [0.15, 0.2) is 0 Å². The van der Waals surface area contributed by atoms with Gasteiger partial charge >= 0.3 is 0 Å². The highest BCUT2D eigenvalue weighted by atomic mass is 35.5. The molecule has 1 saturated carbocycles. The second kappa shape index (κ2) is 3.32. The van der Waals surface area contributed by atoms with Gasteiger partial charge in [0, 0.05) is 11.5 Å². The third-order valence-corrected chi connectivity index (χ3v) is 3.06. The van der Waals surface area contributed by atoms with Crippen molar-refractivity contribution in [1.29, 1.82) is 0 Å². The molecule has 0 heterocycles. The molecule has 2 N–H and O–H groups in total. The molecule has 2 rings (SSSR count). The average Bonchev–Trinajstić information content (AvgIpc) is 2.61. The normalized spacial score (nSPS) is 30.8. The summed E-state index contributed by atoms with van der Waals surface area (Å²) in [6, 6.07) is 8.90. The second-order valence-electron chi connectivity index (χ2n) is 4.04. The fourth-order valence-corrected chi connectivity index (χ4v) is 1.92. The lowest BCUT2D eigenvalue weighted by atomic mass is 9.93. The third-order valence-electron chi connectivity index (χ3n) is 3.06. The van der Waals surface area contributed by atoms with E-state index in [9.17, 15) is 0 Å². The number of aryl methyl sites for hydroxylation is 1. The number of hydrogen-bond acceptors (Lipinski definition) is 1. The zero-order valence-corrected chi connectivity index (χ0v) is 8.90. The molecule has 1 aliphatic carbocycles. The van der Waals surface area contributed by atoms with Crippen molar-refractivity contribution in [2.24, 2.45) is 5.73 Å². The van der Waals surface area contributed by atoms with Crippen molar-refractivity contribution in [3.05, 3.63) is 35.4 Å². The topological polar surface area (TPSA) is 26.0 Å². The maximum absolute atomic E-state index is 5.90. The Kier molecular flexibility index (Phi) is 2.69. The number of rotatable bonds is 1. The smallest absolute Gasteiger partial charge is 0.0143 e. The molecule has 13 heavy (non-hydrogen) atoms. The van der Waals surface area contributed by atoms with Gasteiger partial charge in [0.05, 0.1) is 0 Å². The van der Waals surface area contributed by atoms with Crippen LogP contribution in [0, 0.1) is 6.92 Å². The van der Waals surface area contributed by atoms with Crippen molar-refractivity contribution < 1.29 is 0 Å². The van der Waals surface area contributed by atoms with E-state index in [1.54, 1.807) is 0 Å². The van der Waals surface area contributed by atoms with Crippen LogP contribution < -0.4 is 5.73 Å². The SMILES string of the molecule is Cc1ccccc1C1(C)CC1N.Cl. The molecule has 1 aromatic rings. The van der Waals surface area contributed by atoms with Gasteiger partial charge in [-0.1, -0.05) is 31.2 Å². The molecule has 0 amide bonds. The van der Waals surface area contributed by atoms with Gasteiger partial charge in [0.25, 0.3) is 0 Å². The molecule has 0 aromatic heterocycles. The molecular weight excluding hydrogens is 182 g/mol. The molecule has 1 aliphatic rings. The van der Waals surface area contributed by atoms with Crippen molar-refractivity contribution >= 4 is 12.4 Å². The van der Waals surface area contributed by atoms with E-state index in [1.165, 1.54) is 11.1 Å². The van der Waals surface area contributed by atoms with Crippen LogP contribution >= 0.6 is 12.4 Å². The van der Waals surface area contributed by atoms with Crippen molar-refractivity contribution in [2.45, 2.75) is 31.7 Å². The lowest BCUT2D eigenvalue weighted by molar-refractivity contribution is 0.735. The van der Waals surface area contributed by atoms with Crippen LogP contribution in [0.5, 0.6) is 0 Å². The summed E-state index contributed by atoms with van der Waals surface area (Å²) in [5.41, 5.74) is 8.97. The fraction of sp³-hybridized carbons (Fsp3) is 0.455. The molecule has 72 valence electrons. The minimum atomic E-state index is 0. The molecule has 2 unspecified atom stereocenters. The molecule has 1 aromatic carbocycles. The van der Waals surface area contributed by atoms with Crippen molar-refractivity contribution in [1.82, 2.24) is 0 Å². The van der Waals surface area contributed by atoms with Gasteiger partial charge < -0.3 is 5.73 Å². The molecule has 2 heteroatoms. The van der Waals surface area contributed by atoms with E-state index < -0.39 is 0 Å². The monoisotopic (exact) mass is 197 g/mol. The molecule has 0 spiro atoms. The standard InChI is InChI=1S/C11H15N.ClH/c1-8-5-3-4-6-9(8)11(2)7-10(11)12;/h3-6,10H,7,12H2,1-2H3;1H. The van der Waals surface area contributed by atoms with E-state index in [2.05, 4.69) is 38.1 Å². The van der Waals surface area contributed by atoms with E-state index in [4.69, 9.17) is 5.73 Å². The molecule has 0 saturated heterocycles. The van der Waals surface area contributed by atoms with Gasteiger partial charge in [-0.05, 0) is 24.5 Å². The Labute approximate surface area is 85.7 Å². The van der Waals surface area contributed by atoms with E-state index in [-0.39, 0.29) is 17.8 Å². The van der Waals surface area contributed by atoms with Crippen LogP contribution in [0.1, 0.15) is 24.5 Å². The first-order chi connectivity index (χ1) is 5.64. The Morgan fingerprint density at radius 1 is 1.38 bits per heavy atom. The Morgan fingerprint density at radius 2 is 1.92 bits per heavy atom. The lowest BCUT2D eigenvalue weighted by Crippen LogP contribution is -2.15. The Hall–Kier alpha value is -0.530. The molecule has 1 nitrogen and oxygen atoms in total. The maximum Gasteiger partial charge on any atom is 0.0143 e. The summed E-state index contributed by atoms with van der Waals surface area (Å²) in [7, 11) is 0. The maximum atomic E-state index is 5.90. The van der Waals surface area contributed by atoms with Gasteiger partial charge in [-0.15, -0.1) is 12.4 Å². The predicted octanol–water partition coefficient (Wildman–Crippen LogP) is 2.41. The average molecular weight is 198 g/mol. The van der Waals surface area contributed by atoms with Crippen LogP contribution in [0.3, 0.4) is 0 Å². The van der Waals surface area contributed by atoms with Crippen LogP contribution in [-0.4, -0.2) is 6.04 Å². The van der Waals surface area contributed by atoms with Crippen LogP contribution in [0.2, 0.25) is 0 Å². The van der Waals surface area contributed by atoms with Crippen LogP contribution in [0.15, 0.2) is 24.3 Å². The summed E-state index contributed by atoms with van der Waals surface area (Å²) in [6.45, 7) is 4.41. The predicted molar refractivity (Wildman–Crippen MR) is 58.4 cm³/mol. The van der Waals surface area contributed by atoms with E-state index in [0.29, 0.717) is 6.04 Å². The Balaban J connectivity index is 0.000000845. The molecule has 0 aliphatic heterocycles. The first kappa shape index (κ1) is 10.6. The number of halogens is 1. The minimum Gasteiger partial charge on any atom is -0.327 e. The molecule has 0 bridgehead atoms. The summed E-state index contributed by atoms with van der Waals surface area (Å²) in [4.78, 5) is 0. The van der Waals surface area contributed by atoms with Crippen LogP contribution in [0.25, 0.3) is 0 Å².